The van der Waals surface area contributed by atoms with Crippen molar-refractivity contribution in [2.45, 2.75) is 32.4 Å². The molecule has 0 amide bonds. The van der Waals surface area contributed by atoms with Gasteiger partial charge >= 0.3 is 0 Å². The zero-order valence-electron chi connectivity index (χ0n) is 6.78. The van der Waals surface area contributed by atoms with Crippen molar-refractivity contribution >= 4 is 0 Å². The fourth-order valence-corrected chi connectivity index (χ4v) is 0.886. The molecule has 0 fully saturated rings. The normalized spacial score (nSPS) is 16.4. The highest BCUT2D eigenvalue weighted by Gasteiger charge is 2.27. The van der Waals surface area contributed by atoms with E-state index in [1.54, 1.807) is 6.92 Å². The van der Waals surface area contributed by atoms with Crippen LogP contribution in [0.3, 0.4) is 0 Å². The molecule has 1 unspecified atom stereocenters. The third-order valence-corrected chi connectivity index (χ3v) is 1.73. The van der Waals surface area contributed by atoms with Gasteiger partial charge in [0.2, 0.25) is 0 Å². The van der Waals surface area contributed by atoms with Gasteiger partial charge in [0, 0.05) is 6.54 Å². The molecule has 0 aliphatic heterocycles. The first-order chi connectivity index (χ1) is 4.56. The van der Waals surface area contributed by atoms with E-state index in [9.17, 15) is 4.39 Å². The molecule has 0 rings (SSSR count). The van der Waals surface area contributed by atoms with Crippen molar-refractivity contribution in [3.8, 4) is 0 Å². The summed E-state index contributed by atoms with van der Waals surface area (Å²) in [7, 11) is 0. The van der Waals surface area contributed by atoms with Crippen molar-refractivity contribution in [3.63, 3.8) is 0 Å². The van der Waals surface area contributed by atoms with Crippen LogP contribution in [0.2, 0.25) is 0 Å². The Morgan fingerprint density at radius 1 is 1.70 bits per heavy atom. The Kier molecular flexibility index (Phi) is 3.58. The van der Waals surface area contributed by atoms with Crippen LogP contribution in [0.1, 0.15) is 26.7 Å². The summed E-state index contributed by atoms with van der Waals surface area (Å²) in [5.41, 5.74) is 4.47. The molecule has 0 aromatic carbocycles. The first-order valence-corrected chi connectivity index (χ1v) is 3.61. The van der Waals surface area contributed by atoms with Crippen LogP contribution in [0.25, 0.3) is 0 Å². The molecule has 0 bridgehead atoms. The number of rotatable bonds is 4. The minimum atomic E-state index is -1.32. The molecule has 0 saturated carbocycles. The number of hydrogen-bond acceptors (Lipinski definition) is 1. The topological polar surface area (TPSA) is 26.0 Å². The SMILES string of the molecule is C=C(C)C(F)(CN)CCC. The van der Waals surface area contributed by atoms with E-state index in [0.717, 1.165) is 6.42 Å². The highest BCUT2D eigenvalue weighted by Crippen LogP contribution is 2.24. The van der Waals surface area contributed by atoms with E-state index in [4.69, 9.17) is 5.73 Å². The van der Waals surface area contributed by atoms with Gasteiger partial charge in [-0.2, -0.15) is 0 Å². The summed E-state index contributed by atoms with van der Waals surface area (Å²) in [6.45, 7) is 7.23. The third kappa shape index (κ3) is 2.10. The van der Waals surface area contributed by atoms with E-state index in [2.05, 4.69) is 6.58 Å². The van der Waals surface area contributed by atoms with Crippen molar-refractivity contribution < 1.29 is 4.39 Å². The van der Waals surface area contributed by atoms with Gasteiger partial charge in [-0.1, -0.05) is 19.9 Å². The lowest BCUT2D eigenvalue weighted by Crippen LogP contribution is -2.33. The highest BCUT2D eigenvalue weighted by molar-refractivity contribution is 5.10. The van der Waals surface area contributed by atoms with Gasteiger partial charge in [-0.25, -0.2) is 4.39 Å². The average Bonchev–Trinajstić information content (AvgIpc) is 1.88. The fraction of sp³-hybridized carbons (Fsp3) is 0.750. The van der Waals surface area contributed by atoms with Crippen LogP contribution in [0.4, 0.5) is 4.39 Å². The van der Waals surface area contributed by atoms with Crippen LogP contribution >= 0.6 is 0 Å². The molecule has 0 aromatic rings. The quantitative estimate of drug-likeness (QED) is 0.602. The zero-order valence-corrected chi connectivity index (χ0v) is 6.78. The Balaban J connectivity index is 4.08. The van der Waals surface area contributed by atoms with Crippen molar-refractivity contribution in [2.24, 2.45) is 5.73 Å². The molecule has 2 N–H and O–H groups in total. The molecule has 60 valence electrons. The first-order valence-electron chi connectivity index (χ1n) is 3.61. The van der Waals surface area contributed by atoms with Gasteiger partial charge in [0.15, 0.2) is 0 Å². The average molecular weight is 145 g/mol. The van der Waals surface area contributed by atoms with Crippen molar-refractivity contribution in [3.05, 3.63) is 12.2 Å². The lowest BCUT2D eigenvalue weighted by molar-refractivity contribution is 0.206. The molecule has 0 saturated heterocycles. The molecule has 0 heterocycles. The third-order valence-electron chi connectivity index (χ3n) is 1.73. The molecule has 10 heavy (non-hydrogen) atoms. The van der Waals surface area contributed by atoms with Crippen LogP contribution in [0, 0.1) is 0 Å². The maximum Gasteiger partial charge on any atom is 0.143 e. The molecule has 0 aliphatic carbocycles. The summed E-state index contributed by atoms with van der Waals surface area (Å²) < 4.78 is 13.4. The standard InChI is InChI=1S/C8H16FN/c1-4-5-8(9,6-10)7(2)3/h2,4-6,10H2,1,3H3. The summed E-state index contributed by atoms with van der Waals surface area (Å²) in [5.74, 6) is 0. The first kappa shape index (κ1) is 9.63. The Hall–Kier alpha value is -0.370. The molecule has 2 heteroatoms. The van der Waals surface area contributed by atoms with Gasteiger partial charge in [0.25, 0.3) is 0 Å². The Morgan fingerprint density at radius 2 is 2.20 bits per heavy atom. The van der Waals surface area contributed by atoms with Gasteiger partial charge in [-0.15, -0.1) is 0 Å². The van der Waals surface area contributed by atoms with E-state index < -0.39 is 5.67 Å². The molecular weight excluding hydrogens is 129 g/mol. The van der Waals surface area contributed by atoms with Crippen LogP contribution in [0.15, 0.2) is 12.2 Å². The summed E-state index contributed by atoms with van der Waals surface area (Å²) in [5, 5.41) is 0. The van der Waals surface area contributed by atoms with Crippen molar-refractivity contribution in [1.29, 1.82) is 0 Å². The summed E-state index contributed by atoms with van der Waals surface area (Å²) in [4.78, 5) is 0. The van der Waals surface area contributed by atoms with Crippen molar-refractivity contribution in [1.82, 2.24) is 0 Å². The summed E-state index contributed by atoms with van der Waals surface area (Å²) in [6, 6.07) is 0. The summed E-state index contributed by atoms with van der Waals surface area (Å²) in [6.07, 6.45) is 1.29. The highest BCUT2D eigenvalue weighted by atomic mass is 19.1. The fourth-order valence-electron chi connectivity index (χ4n) is 0.886. The predicted molar refractivity (Wildman–Crippen MR) is 42.6 cm³/mol. The van der Waals surface area contributed by atoms with E-state index in [1.165, 1.54) is 0 Å². The van der Waals surface area contributed by atoms with Crippen LogP contribution in [0.5, 0.6) is 0 Å². The number of alkyl halides is 1. The predicted octanol–water partition coefficient (Wildman–Crippen LogP) is 2.03. The molecule has 1 atom stereocenters. The molecule has 0 aromatic heterocycles. The molecule has 0 radical (unpaired) electrons. The lowest BCUT2D eigenvalue weighted by atomic mass is 9.93. The molecule has 0 spiro atoms. The second kappa shape index (κ2) is 3.71. The van der Waals surface area contributed by atoms with Gasteiger partial charge in [-0.05, 0) is 18.9 Å². The minimum absolute atomic E-state index is 0.0518. The van der Waals surface area contributed by atoms with E-state index in [-0.39, 0.29) is 6.54 Å². The van der Waals surface area contributed by atoms with Gasteiger partial charge in [-0.3, -0.25) is 0 Å². The second-order valence-electron chi connectivity index (χ2n) is 2.70. The van der Waals surface area contributed by atoms with E-state index in [0.29, 0.717) is 12.0 Å². The monoisotopic (exact) mass is 145 g/mol. The maximum absolute atomic E-state index is 13.4. The number of halogens is 1. The minimum Gasteiger partial charge on any atom is -0.327 e. The number of nitrogens with two attached hydrogens (primary N) is 1. The van der Waals surface area contributed by atoms with Gasteiger partial charge < -0.3 is 5.73 Å². The molecule has 1 nitrogen and oxygen atoms in total. The van der Waals surface area contributed by atoms with Crippen LogP contribution in [-0.2, 0) is 0 Å². The van der Waals surface area contributed by atoms with Crippen molar-refractivity contribution in [2.75, 3.05) is 6.54 Å². The summed E-state index contributed by atoms with van der Waals surface area (Å²) >= 11 is 0. The largest absolute Gasteiger partial charge is 0.327 e. The second-order valence-corrected chi connectivity index (χ2v) is 2.70. The van der Waals surface area contributed by atoms with Crippen LogP contribution in [-0.4, -0.2) is 12.2 Å². The van der Waals surface area contributed by atoms with Gasteiger partial charge in [0.1, 0.15) is 5.67 Å². The zero-order chi connectivity index (χ0) is 8.20. The van der Waals surface area contributed by atoms with Crippen LogP contribution < -0.4 is 5.73 Å². The van der Waals surface area contributed by atoms with E-state index >= 15 is 0 Å². The Bertz CT molecular complexity index is 122. The Morgan fingerprint density at radius 3 is 2.30 bits per heavy atom. The lowest BCUT2D eigenvalue weighted by Gasteiger charge is -2.22. The van der Waals surface area contributed by atoms with Gasteiger partial charge in [0.05, 0.1) is 0 Å². The Labute approximate surface area is 62.1 Å². The molecule has 0 aliphatic rings. The molecular formula is C8H16FN. The smallest absolute Gasteiger partial charge is 0.143 e. The maximum atomic E-state index is 13.4. The number of hydrogen-bond donors (Lipinski definition) is 1. The van der Waals surface area contributed by atoms with E-state index in [1.807, 2.05) is 6.92 Å².